The summed E-state index contributed by atoms with van der Waals surface area (Å²) in [7, 11) is 0. The Kier molecular flexibility index (Phi) is 4.89. The van der Waals surface area contributed by atoms with Gasteiger partial charge in [-0.05, 0) is 29.7 Å². The van der Waals surface area contributed by atoms with Gasteiger partial charge >= 0.3 is 0 Å². The van der Waals surface area contributed by atoms with Crippen LogP contribution in [0.25, 0.3) is 0 Å². The van der Waals surface area contributed by atoms with Crippen LogP contribution in [0.1, 0.15) is 17.5 Å². The van der Waals surface area contributed by atoms with E-state index in [1.165, 1.54) is 6.07 Å². The molecule has 0 saturated heterocycles. The maximum atomic E-state index is 13.5. The van der Waals surface area contributed by atoms with Gasteiger partial charge in [0.1, 0.15) is 5.82 Å². The number of amides is 2. The number of hydrogen-bond acceptors (Lipinski definition) is 2. The van der Waals surface area contributed by atoms with E-state index in [4.69, 9.17) is 0 Å². The molecule has 0 saturated carbocycles. The number of carbonyl (C=O) groups excluding carboxylic acids is 2. The van der Waals surface area contributed by atoms with E-state index in [-0.39, 0.29) is 24.1 Å². The molecule has 0 radical (unpaired) electrons. The molecule has 1 N–H and O–H groups in total. The van der Waals surface area contributed by atoms with Gasteiger partial charge in [0, 0.05) is 25.2 Å². The fourth-order valence-corrected chi connectivity index (χ4v) is 2.93. The molecule has 4 nitrogen and oxygen atoms in total. The number of fused-ring (bicyclic) bond motifs is 1. The van der Waals surface area contributed by atoms with Crippen LogP contribution < -0.4 is 10.2 Å². The standard InChI is InChI=1S/C19H19FN2O2/c20-16-7-3-1-6-15(16)13-18(23)21-11-12-22-17-8-4-2-5-14(17)9-10-19(22)24/h1-8H,9-13H2,(H,21,23). The molecule has 24 heavy (non-hydrogen) atoms. The normalized spacial score (nSPS) is 13.5. The minimum atomic E-state index is -0.382. The molecule has 2 aromatic carbocycles. The van der Waals surface area contributed by atoms with Gasteiger partial charge < -0.3 is 10.2 Å². The Hall–Kier alpha value is -2.69. The predicted molar refractivity (Wildman–Crippen MR) is 90.2 cm³/mol. The minimum Gasteiger partial charge on any atom is -0.354 e. The monoisotopic (exact) mass is 326 g/mol. The van der Waals surface area contributed by atoms with Crippen LogP contribution in [0.2, 0.25) is 0 Å². The number of anilines is 1. The van der Waals surface area contributed by atoms with E-state index in [0.29, 0.717) is 25.1 Å². The number of hydrogen-bond donors (Lipinski definition) is 1. The largest absolute Gasteiger partial charge is 0.354 e. The molecular weight excluding hydrogens is 307 g/mol. The van der Waals surface area contributed by atoms with Gasteiger partial charge in [0.25, 0.3) is 0 Å². The lowest BCUT2D eigenvalue weighted by Gasteiger charge is -2.29. The van der Waals surface area contributed by atoms with E-state index in [1.54, 1.807) is 23.1 Å². The van der Waals surface area contributed by atoms with Gasteiger partial charge in [-0.25, -0.2) is 4.39 Å². The lowest BCUT2D eigenvalue weighted by atomic mass is 10.0. The molecular formula is C19H19FN2O2. The molecule has 2 aromatic rings. The third-order valence-electron chi connectivity index (χ3n) is 4.16. The van der Waals surface area contributed by atoms with Crippen molar-refractivity contribution in [2.24, 2.45) is 0 Å². The number of carbonyl (C=O) groups is 2. The van der Waals surface area contributed by atoms with E-state index >= 15 is 0 Å². The fourth-order valence-electron chi connectivity index (χ4n) is 2.93. The number of benzene rings is 2. The van der Waals surface area contributed by atoms with Crippen LogP contribution in [-0.2, 0) is 22.4 Å². The third kappa shape index (κ3) is 3.62. The average molecular weight is 326 g/mol. The van der Waals surface area contributed by atoms with Gasteiger partial charge in [-0.3, -0.25) is 9.59 Å². The fraction of sp³-hybridized carbons (Fsp3) is 0.263. The molecule has 0 aromatic heterocycles. The first-order valence-electron chi connectivity index (χ1n) is 8.03. The van der Waals surface area contributed by atoms with Crippen LogP contribution in [0.3, 0.4) is 0 Å². The molecule has 124 valence electrons. The van der Waals surface area contributed by atoms with Crippen LogP contribution in [0, 0.1) is 5.82 Å². The Morgan fingerprint density at radius 1 is 1.08 bits per heavy atom. The molecule has 0 bridgehead atoms. The first-order valence-corrected chi connectivity index (χ1v) is 8.03. The second-order valence-corrected chi connectivity index (χ2v) is 5.79. The van der Waals surface area contributed by atoms with Gasteiger partial charge in [-0.15, -0.1) is 0 Å². The molecule has 3 rings (SSSR count). The highest BCUT2D eigenvalue weighted by Gasteiger charge is 2.23. The van der Waals surface area contributed by atoms with E-state index in [1.807, 2.05) is 24.3 Å². The zero-order valence-corrected chi connectivity index (χ0v) is 13.3. The first-order chi connectivity index (χ1) is 11.6. The third-order valence-corrected chi connectivity index (χ3v) is 4.16. The van der Waals surface area contributed by atoms with E-state index in [2.05, 4.69) is 5.32 Å². The lowest BCUT2D eigenvalue weighted by molar-refractivity contribution is -0.121. The summed E-state index contributed by atoms with van der Waals surface area (Å²) in [6.45, 7) is 0.756. The van der Waals surface area contributed by atoms with Crippen LogP contribution in [0.4, 0.5) is 10.1 Å². The number of rotatable bonds is 5. The Morgan fingerprint density at radius 3 is 2.67 bits per heavy atom. The van der Waals surface area contributed by atoms with Gasteiger partial charge in [0.2, 0.25) is 11.8 Å². The summed E-state index contributed by atoms with van der Waals surface area (Å²) in [5, 5.41) is 2.76. The van der Waals surface area contributed by atoms with Crippen LogP contribution in [0.5, 0.6) is 0 Å². The van der Waals surface area contributed by atoms with Crippen LogP contribution >= 0.6 is 0 Å². The number of aryl methyl sites for hydroxylation is 1. The van der Waals surface area contributed by atoms with Gasteiger partial charge in [-0.1, -0.05) is 36.4 Å². The Bertz CT molecular complexity index is 761. The topological polar surface area (TPSA) is 49.4 Å². The Balaban J connectivity index is 1.56. The van der Waals surface area contributed by atoms with Crippen molar-refractivity contribution < 1.29 is 14.0 Å². The highest BCUT2D eigenvalue weighted by Crippen LogP contribution is 2.26. The molecule has 5 heteroatoms. The molecule has 0 unspecified atom stereocenters. The van der Waals surface area contributed by atoms with Gasteiger partial charge in [-0.2, -0.15) is 0 Å². The van der Waals surface area contributed by atoms with Crippen LogP contribution in [0.15, 0.2) is 48.5 Å². The lowest BCUT2D eigenvalue weighted by Crippen LogP contribution is -2.41. The zero-order valence-electron chi connectivity index (χ0n) is 13.3. The molecule has 1 aliphatic rings. The summed E-state index contributed by atoms with van der Waals surface area (Å²) in [4.78, 5) is 25.8. The predicted octanol–water partition coefficient (Wildman–Crippen LogP) is 2.46. The molecule has 2 amide bonds. The Morgan fingerprint density at radius 2 is 1.83 bits per heavy atom. The smallest absolute Gasteiger partial charge is 0.227 e. The van der Waals surface area contributed by atoms with E-state index < -0.39 is 0 Å². The quantitative estimate of drug-likeness (QED) is 0.917. The maximum Gasteiger partial charge on any atom is 0.227 e. The van der Waals surface area contributed by atoms with Crippen molar-refractivity contribution in [3.8, 4) is 0 Å². The highest BCUT2D eigenvalue weighted by atomic mass is 19.1. The summed E-state index contributed by atoms with van der Waals surface area (Å²) in [5.41, 5.74) is 2.43. The average Bonchev–Trinajstić information content (AvgIpc) is 2.59. The van der Waals surface area contributed by atoms with Crippen molar-refractivity contribution in [3.05, 3.63) is 65.5 Å². The van der Waals surface area contributed by atoms with E-state index in [0.717, 1.165) is 17.7 Å². The van der Waals surface area contributed by atoms with Crippen molar-refractivity contribution in [2.75, 3.05) is 18.0 Å². The van der Waals surface area contributed by atoms with Crippen molar-refractivity contribution >= 4 is 17.5 Å². The number of para-hydroxylation sites is 1. The molecule has 1 aliphatic heterocycles. The second-order valence-electron chi connectivity index (χ2n) is 5.79. The maximum absolute atomic E-state index is 13.5. The summed E-state index contributed by atoms with van der Waals surface area (Å²) in [6.07, 6.45) is 1.24. The highest BCUT2D eigenvalue weighted by molar-refractivity contribution is 5.96. The number of nitrogens with one attached hydrogen (secondary N) is 1. The van der Waals surface area contributed by atoms with Crippen LogP contribution in [-0.4, -0.2) is 24.9 Å². The van der Waals surface area contributed by atoms with Crippen molar-refractivity contribution in [2.45, 2.75) is 19.3 Å². The molecule has 0 fully saturated rings. The number of halogens is 1. The van der Waals surface area contributed by atoms with Crippen molar-refractivity contribution in [1.82, 2.24) is 5.32 Å². The molecule has 0 spiro atoms. The van der Waals surface area contributed by atoms with Gasteiger partial charge in [0.15, 0.2) is 0 Å². The molecule has 0 aliphatic carbocycles. The second kappa shape index (κ2) is 7.25. The minimum absolute atomic E-state index is 0.00277. The number of nitrogens with zero attached hydrogens (tertiary/aromatic N) is 1. The first kappa shape index (κ1) is 16.2. The van der Waals surface area contributed by atoms with E-state index in [9.17, 15) is 14.0 Å². The SMILES string of the molecule is O=C(Cc1ccccc1F)NCCN1C(=O)CCc2ccccc21. The molecule has 0 atom stereocenters. The zero-order chi connectivity index (χ0) is 16.9. The Labute approximate surface area is 140 Å². The summed E-state index contributed by atoms with van der Waals surface area (Å²) in [5.74, 6) is -0.567. The summed E-state index contributed by atoms with van der Waals surface area (Å²) in [6, 6.07) is 14.0. The summed E-state index contributed by atoms with van der Waals surface area (Å²) < 4.78 is 13.5. The summed E-state index contributed by atoms with van der Waals surface area (Å²) >= 11 is 0. The molecule has 1 heterocycles. The van der Waals surface area contributed by atoms with Crippen molar-refractivity contribution in [3.63, 3.8) is 0 Å². The van der Waals surface area contributed by atoms with Gasteiger partial charge in [0.05, 0.1) is 6.42 Å². The van der Waals surface area contributed by atoms with Crippen molar-refractivity contribution in [1.29, 1.82) is 0 Å².